The summed E-state index contributed by atoms with van der Waals surface area (Å²) in [5.74, 6) is 0.0634. The summed E-state index contributed by atoms with van der Waals surface area (Å²) in [5.41, 5.74) is 5.57. The molecule has 1 unspecified atom stereocenters. The highest BCUT2D eigenvalue weighted by Gasteiger charge is 2.26. The Kier molecular flexibility index (Phi) is 3.25. The molecule has 2 aromatic rings. The molecule has 0 radical (unpaired) electrons. The van der Waals surface area contributed by atoms with Crippen molar-refractivity contribution in [2.24, 2.45) is 5.73 Å². The summed E-state index contributed by atoms with van der Waals surface area (Å²) in [6.45, 7) is 2.58. The van der Waals surface area contributed by atoms with Gasteiger partial charge in [-0.2, -0.15) is 0 Å². The fourth-order valence-electron chi connectivity index (χ4n) is 2.69. The minimum absolute atomic E-state index is 0.105. The van der Waals surface area contributed by atoms with Gasteiger partial charge in [0.1, 0.15) is 23.4 Å². The van der Waals surface area contributed by atoms with Crippen LogP contribution in [0.25, 0.3) is 11.4 Å². The van der Waals surface area contributed by atoms with E-state index in [4.69, 9.17) is 5.73 Å². The Hall–Kier alpha value is -2.57. The molecule has 108 valence electrons. The lowest BCUT2D eigenvalue weighted by atomic mass is 9.99. The summed E-state index contributed by atoms with van der Waals surface area (Å²) in [6.07, 6.45) is 4.74. The summed E-state index contributed by atoms with van der Waals surface area (Å²) in [5, 5.41) is 0. The second-order valence-corrected chi connectivity index (χ2v) is 5.15. The van der Waals surface area contributed by atoms with Crippen LogP contribution in [0.5, 0.6) is 0 Å². The lowest BCUT2D eigenvalue weighted by Crippen LogP contribution is -2.36. The molecule has 0 aliphatic carbocycles. The Balaban J connectivity index is 2.33. The predicted molar refractivity (Wildman–Crippen MR) is 75.7 cm³/mol. The normalized spacial score (nSPS) is 17.3. The maximum Gasteiger partial charge on any atom is 0.267 e. The maximum absolute atomic E-state index is 12.6. The molecule has 0 spiro atoms. The van der Waals surface area contributed by atoms with Crippen LogP contribution in [0.15, 0.2) is 23.4 Å². The third kappa shape index (κ3) is 2.20. The fraction of sp³-hybridized carbons (Fsp3) is 0.357. The first-order valence-corrected chi connectivity index (χ1v) is 6.80. The summed E-state index contributed by atoms with van der Waals surface area (Å²) in [4.78, 5) is 36.7. The van der Waals surface area contributed by atoms with Gasteiger partial charge in [-0.15, -0.1) is 0 Å². The number of amides is 1. The summed E-state index contributed by atoms with van der Waals surface area (Å²) in [7, 11) is 0. The largest absolute Gasteiger partial charge is 0.365 e. The second kappa shape index (κ2) is 5.08. The van der Waals surface area contributed by atoms with Crippen LogP contribution in [0.4, 0.5) is 0 Å². The molecule has 0 fully saturated rings. The van der Waals surface area contributed by atoms with Crippen LogP contribution in [0, 0.1) is 0 Å². The van der Waals surface area contributed by atoms with E-state index in [1.807, 2.05) is 6.92 Å². The van der Waals surface area contributed by atoms with Gasteiger partial charge in [0.05, 0.1) is 5.69 Å². The molecule has 3 rings (SSSR count). The molecular formula is C14H15N5O2. The molecule has 1 atom stereocenters. The van der Waals surface area contributed by atoms with Crippen LogP contribution >= 0.6 is 0 Å². The number of carbonyl (C=O) groups is 1. The number of aromatic nitrogens is 4. The SMILES string of the molecule is CC1CCCn2c1nc(-c1ccncn1)c(C(N)=O)c2=O. The lowest BCUT2D eigenvalue weighted by molar-refractivity contribution is 0.0998. The van der Waals surface area contributed by atoms with Crippen molar-refractivity contribution < 1.29 is 4.79 Å². The van der Waals surface area contributed by atoms with Crippen LogP contribution in [0.1, 0.15) is 41.9 Å². The lowest BCUT2D eigenvalue weighted by Gasteiger charge is -2.24. The Morgan fingerprint density at radius 3 is 2.95 bits per heavy atom. The van der Waals surface area contributed by atoms with Gasteiger partial charge in [0.2, 0.25) is 0 Å². The number of hydrogen-bond donors (Lipinski definition) is 1. The number of carbonyl (C=O) groups excluding carboxylic acids is 1. The summed E-state index contributed by atoms with van der Waals surface area (Å²) >= 11 is 0. The molecule has 7 heteroatoms. The Morgan fingerprint density at radius 2 is 2.29 bits per heavy atom. The molecule has 3 heterocycles. The van der Waals surface area contributed by atoms with Crippen molar-refractivity contribution in [2.45, 2.75) is 32.2 Å². The van der Waals surface area contributed by atoms with Crippen molar-refractivity contribution in [1.82, 2.24) is 19.5 Å². The van der Waals surface area contributed by atoms with Crippen LogP contribution < -0.4 is 11.3 Å². The van der Waals surface area contributed by atoms with Gasteiger partial charge < -0.3 is 5.73 Å². The highest BCUT2D eigenvalue weighted by atomic mass is 16.2. The van der Waals surface area contributed by atoms with E-state index in [9.17, 15) is 9.59 Å². The molecule has 0 saturated heterocycles. The van der Waals surface area contributed by atoms with Gasteiger partial charge >= 0.3 is 0 Å². The van der Waals surface area contributed by atoms with E-state index < -0.39 is 5.91 Å². The molecular weight excluding hydrogens is 270 g/mol. The molecule has 7 nitrogen and oxygen atoms in total. The monoisotopic (exact) mass is 285 g/mol. The van der Waals surface area contributed by atoms with Gasteiger partial charge in [-0.25, -0.2) is 15.0 Å². The van der Waals surface area contributed by atoms with E-state index in [1.54, 1.807) is 10.6 Å². The zero-order valence-corrected chi connectivity index (χ0v) is 11.6. The minimum atomic E-state index is -0.783. The third-order valence-electron chi connectivity index (χ3n) is 3.73. The summed E-state index contributed by atoms with van der Waals surface area (Å²) < 4.78 is 1.55. The van der Waals surface area contributed by atoms with Crippen molar-refractivity contribution in [3.63, 3.8) is 0 Å². The highest BCUT2D eigenvalue weighted by molar-refractivity contribution is 5.98. The van der Waals surface area contributed by atoms with E-state index in [0.717, 1.165) is 12.8 Å². The Morgan fingerprint density at radius 1 is 1.48 bits per heavy atom. The fourth-order valence-corrected chi connectivity index (χ4v) is 2.69. The van der Waals surface area contributed by atoms with Gasteiger partial charge in [-0.05, 0) is 18.9 Å². The molecule has 0 saturated carbocycles. The zero-order chi connectivity index (χ0) is 15.0. The first kappa shape index (κ1) is 13.4. The van der Waals surface area contributed by atoms with E-state index >= 15 is 0 Å². The van der Waals surface area contributed by atoms with E-state index in [0.29, 0.717) is 18.1 Å². The zero-order valence-electron chi connectivity index (χ0n) is 11.6. The highest BCUT2D eigenvalue weighted by Crippen LogP contribution is 2.26. The molecule has 2 aromatic heterocycles. The van der Waals surface area contributed by atoms with Gasteiger partial charge in [0, 0.05) is 18.7 Å². The Bertz CT molecular complexity index is 754. The number of rotatable bonds is 2. The number of nitrogens with two attached hydrogens (primary N) is 1. The molecule has 2 N–H and O–H groups in total. The molecule has 1 aliphatic heterocycles. The quantitative estimate of drug-likeness (QED) is 0.874. The first-order valence-electron chi connectivity index (χ1n) is 6.80. The molecule has 1 amide bonds. The van der Waals surface area contributed by atoms with Crippen LogP contribution in [-0.4, -0.2) is 25.4 Å². The first-order chi connectivity index (χ1) is 10.1. The topological polar surface area (TPSA) is 104 Å². The molecule has 0 bridgehead atoms. The number of fused-ring (bicyclic) bond motifs is 1. The average Bonchev–Trinajstić information content (AvgIpc) is 2.48. The second-order valence-electron chi connectivity index (χ2n) is 5.15. The third-order valence-corrected chi connectivity index (χ3v) is 3.73. The number of primary amides is 1. The van der Waals surface area contributed by atoms with Crippen LogP contribution in [-0.2, 0) is 6.54 Å². The van der Waals surface area contributed by atoms with Gasteiger partial charge in [0.25, 0.3) is 11.5 Å². The smallest absolute Gasteiger partial charge is 0.267 e. The molecule has 1 aliphatic rings. The van der Waals surface area contributed by atoms with Crippen molar-refractivity contribution >= 4 is 5.91 Å². The van der Waals surface area contributed by atoms with Crippen molar-refractivity contribution in [3.8, 4) is 11.4 Å². The standard InChI is InChI=1S/C14H15N5O2/c1-8-3-2-6-19-13(8)18-11(9-4-5-16-7-17-9)10(12(15)20)14(19)21/h4-5,7-8H,2-3,6H2,1H3,(H2,15,20). The van der Waals surface area contributed by atoms with Crippen LogP contribution in [0.3, 0.4) is 0 Å². The number of hydrogen-bond acceptors (Lipinski definition) is 5. The minimum Gasteiger partial charge on any atom is -0.365 e. The maximum atomic E-state index is 12.6. The molecule has 0 aromatic carbocycles. The number of nitrogens with zero attached hydrogens (tertiary/aromatic N) is 4. The van der Waals surface area contributed by atoms with Gasteiger partial charge in [-0.1, -0.05) is 6.92 Å². The van der Waals surface area contributed by atoms with Crippen molar-refractivity contribution in [1.29, 1.82) is 0 Å². The Labute approximate surface area is 120 Å². The van der Waals surface area contributed by atoms with E-state index in [1.165, 1.54) is 12.5 Å². The van der Waals surface area contributed by atoms with Crippen molar-refractivity contribution in [2.75, 3.05) is 0 Å². The van der Waals surface area contributed by atoms with Gasteiger partial charge in [-0.3, -0.25) is 14.2 Å². The molecule has 21 heavy (non-hydrogen) atoms. The predicted octanol–water partition coefficient (Wildman–Crippen LogP) is 0.697. The average molecular weight is 285 g/mol. The van der Waals surface area contributed by atoms with Gasteiger partial charge in [0.15, 0.2) is 0 Å². The van der Waals surface area contributed by atoms with E-state index in [-0.39, 0.29) is 22.7 Å². The summed E-state index contributed by atoms with van der Waals surface area (Å²) in [6, 6.07) is 1.61. The van der Waals surface area contributed by atoms with E-state index in [2.05, 4.69) is 15.0 Å². The van der Waals surface area contributed by atoms with Crippen molar-refractivity contribution in [3.05, 3.63) is 40.3 Å². The van der Waals surface area contributed by atoms with Crippen LogP contribution in [0.2, 0.25) is 0 Å².